The fourth-order valence-electron chi connectivity index (χ4n) is 1.92. The third kappa shape index (κ3) is 2.38. The van der Waals surface area contributed by atoms with Crippen molar-refractivity contribution >= 4 is 17.6 Å². The summed E-state index contributed by atoms with van der Waals surface area (Å²) in [6, 6.07) is 7.42. The van der Waals surface area contributed by atoms with E-state index >= 15 is 0 Å². The normalized spacial score (nSPS) is 10.6. The molecule has 0 fully saturated rings. The molecular weight excluding hydrogens is 252 g/mol. The zero-order chi connectivity index (χ0) is 13.3. The average molecular weight is 265 g/mol. The number of nitrogens with zero attached hydrogens (tertiary/aromatic N) is 2. The number of carboxylic acid groups (broad SMARTS) is 1. The van der Waals surface area contributed by atoms with E-state index in [9.17, 15) is 4.79 Å². The molecule has 1 heterocycles. The van der Waals surface area contributed by atoms with Gasteiger partial charge in [0.05, 0.1) is 17.9 Å². The van der Waals surface area contributed by atoms with Crippen LogP contribution < -0.4 is 0 Å². The molecule has 0 aliphatic carbocycles. The Kier molecular flexibility index (Phi) is 3.39. The summed E-state index contributed by atoms with van der Waals surface area (Å²) in [5.41, 5.74) is 2.51. The van der Waals surface area contributed by atoms with Crippen LogP contribution in [0.25, 0.3) is 0 Å². The molecule has 0 saturated carbocycles. The van der Waals surface area contributed by atoms with Gasteiger partial charge in [0.2, 0.25) is 0 Å². The first-order valence-corrected chi connectivity index (χ1v) is 5.88. The predicted octanol–water partition coefficient (Wildman–Crippen LogP) is 2.90. The molecule has 18 heavy (non-hydrogen) atoms. The van der Waals surface area contributed by atoms with E-state index in [4.69, 9.17) is 16.7 Å². The fraction of sp³-hybridized carbons (Fsp3) is 0.231. The second kappa shape index (κ2) is 4.82. The van der Waals surface area contributed by atoms with Gasteiger partial charge in [-0.2, -0.15) is 5.10 Å². The van der Waals surface area contributed by atoms with Gasteiger partial charge in [-0.25, -0.2) is 4.79 Å². The first-order chi connectivity index (χ1) is 8.49. The van der Waals surface area contributed by atoms with E-state index in [1.165, 1.54) is 0 Å². The van der Waals surface area contributed by atoms with Crippen molar-refractivity contribution in [3.63, 3.8) is 0 Å². The summed E-state index contributed by atoms with van der Waals surface area (Å²) in [6.07, 6.45) is 0. The van der Waals surface area contributed by atoms with Crippen LogP contribution in [0.4, 0.5) is 0 Å². The maximum Gasteiger partial charge on any atom is 0.339 e. The number of carboxylic acids is 1. The van der Waals surface area contributed by atoms with Gasteiger partial charge in [0.15, 0.2) is 0 Å². The van der Waals surface area contributed by atoms with Crippen LogP contribution in [0.2, 0.25) is 5.02 Å². The minimum absolute atomic E-state index is 0.281. The summed E-state index contributed by atoms with van der Waals surface area (Å²) in [7, 11) is 0. The monoisotopic (exact) mass is 264 g/mol. The lowest BCUT2D eigenvalue weighted by Crippen LogP contribution is -2.05. The Labute approximate surface area is 110 Å². The van der Waals surface area contributed by atoms with Crippen LogP contribution in [0.3, 0.4) is 0 Å². The van der Waals surface area contributed by atoms with Crippen LogP contribution in [-0.2, 0) is 6.54 Å². The molecule has 0 aliphatic heterocycles. The number of carbonyl (C=O) groups is 1. The molecule has 0 saturated heterocycles. The van der Waals surface area contributed by atoms with Crippen molar-refractivity contribution in [2.24, 2.45) is 0 Å². The van der Waals surface area contributed by atoms with Crippen LogP contribution in [0.15, 0.2) is 24.3 Å². The maximum absolute atomic E-state index is 11.1. The number of aryl methyl sites for hydroxylation is 1. The zero-order valence-corrected chi connectivity index (χ0v) is 10.9. The minimum Gasteiger partial charge on any atom is -0.478 e. The van der Waals surface area contributed by atoms with E-state index in [-0.39, 0.29) is 5.56 Å². The highest BCUT2D eigenvalue weighted by molar-refractivity contribution is 6.30. The summed E-state index contributed by atoms with van der Waals surface area (Å²) in [4.78, 5) is 11.1. The molecule has 0 atom stereocenters. The van der Waals surface area contributed by atoms with E-state index < -0.39 is 5.97 Å². The smallest absolute Gasteiger partial charge is 0.339 e. The first-order valence-electron chi connectivity index (χ1n) is 5.51. The number of hydrogen-bond donors (Lipinski definition) is 1. The summed E-state index contributed by atoms with van der Waals surface area (Å²) < 4.78 is 1.70. The first kappa shape index (κ1) is 12.6. The van der Waals surface area contributed by atoms with Gasteiger partial charge in [-0.05, 0) is 31.5 Å². The summed E-state index contributed by atoms with van der Waals surface area (Å²) >= 11 is 5.82. The second-order valence-electron chi connectivity index (χ2n) is 4.14. The van der Waals surface area contributed by atoms with Gasteiger partial charge in [-0.15, -0.1) is 0 Å². The SMILES string of the molecule is Cc1nn(Cc2ccc(Cl)cc2)c(C)c1C(=O)O. The predicted molar refractivity (Wildman–Crippen MR) is 69.2 cm³/mol. The maximum atomic E-state index is 11.1. The van der Waals surface area contributed by atoms with Gasteiger partial charge in [0, 0.05) is 5.02 Å². The van der Waals surface area contributed by atoms with Gasteiger partial charge < -0.3 is 5.11 Å². The third-order valence-electron chi connectivity index (χ3n) is 2.84. The van der Waals surface area contributed by atoms with Crippen molar-refractivity contribution in [1.82, 2.24) is 9.78 Å². The largest absolute Gasteiger partial charge is 0.478 e. The van der Waals surface area contributed by atoms with Crippen LogP contribution in [0.1, 0.15) is 27.3 Å². The number of aromatic carboxylic acids is 1. The Balaban J connectivity index is 2.33. The van der Waals surface area contributed by atoms with Crippen molar-refractivity contribution in [1.29, 1.82) is 0 Å². The lowest BCUT2D eigenvalue weighted by atomic mass is 10.2. The molecule has 2 aromatic rings. The molecule has 1 aromatic carbocycles. The molecule has 1 N–H and O–H groups in total. The Bertz CT molecular complexity index is 588. The molecule has 0 spiro atoms. The van der Waals surface area contributed by atoms with E-state index in [1.54, 1.807) is 30.7 Å². The highest BCUT2D eigenvalue weighted by Crippen LogP contribution is 2.16. The van der Waals surface area contributed by atoms with Gasteiger partial charge in [-0.3, -0.25) is 4.68 Å². The molecular formula is C13H13ClN2O2. The summed E-state index contributed by atoms with van der Waals surface area (Å²) in [5, 5.41) is 14.0. The van der Waals surface area contributed by atoms with Crippen LogP contribution in [0, 0.1) is 13.8 Å². The number of benzene rings is 1. The van der Waals surface area contributed by atoms with Gasteiger partial charge in [0.1, 0.15) is 5.56 Å². The van der Waals surface area contributed by atoms with Crippen LogP contribution in [0.5, 0.6) is 0 Å². The highest BCUT2D eigenvalue weighted by Gasteiger charge is 2.17. The molecule has 4 nitrogen and oxygen atoms in total. The Morgan fingerprint density at radius 3 is 2.44 bits per heavy atom. The van der Waals surface area contributed by atoms with Gasteiger partial charge in [0.25, 0.3) is 0 Å². The van der Waals surface area contributed by atoms with Gasteiger partial charge >= 0.3 is 5.97 Å². The fourth-order valence-corrected chi connectivity index (χ4v) is 2.05. The molecule has 0 unspecified atom stereocenters. The molecule has 0 aliphatic rings. The average Bonchev–Trinajstić information content (AvgIpc) is 2.57. The Morgan fingerprint density at radius 1 is 1.33 bits per heavy atom. The van der Waals surface area contributed by atoms with Gasteiger partial charge in [-0.1, -0.05) is 23.7 Å². The van der Waals surface area contributed by atoms with E-state index in [1.807, 2.05) is 12.1 Å². The van der Waals surface area contributed by atoms with E-state index in [0.717, 1.165) is 5.56 Å². The number of rotatable bonds is 3. The molecule has 1 aromatic heterocycles. The molecule has 5 heteroatoms. The molecule has 2 rings (SSSR count). The Hall–Kier alpha value is -1.81. The summed E-state index contributed by atoms with van der Waals surface area (Å²) in [5.74, 6) is -0.938. The quantitative estimate of drug-likeness (QED) is 0.927. The van der Waals surface area contributed by atoms with Crippen molar-refractivity contribution in [2.45, 2.75) is 20.4 Å². The number of hydrogen-bond acceptors (Lipinski definition) is 2. The lowest BCUT2D eigenvalue weighted by Gasteiger charge is -2.05. The van der Waals surface area contributed by atoms with Crippen molar-refractivity contribution in [3.05, 3.63) is 51.8 Å². The third-order valence-corrected chi connectivity index (χ3v) is 3.09. The molecule has 0 radical (unpaired) electrons. The number of halogens is 1. The standard InChI is InChI=1S/C13H13ClN2O2/c1-8-12(13(17)18)9(2)16(15-8)7-10-3-5-11(14)6-4-10/h3-6H,7H2,1-2H3,(H,17,18). The zero-order valence-electron chi connectivity index (χ0n) is 10.1. The molecule has 94 valence electrons. The second-order valence-corrected chi connectivity index (χ2v) is 4.57. The van der Waals surface area contributed by atoms with Crippen LogP contribution >= 0.6 is 11.6 Å². The van der Waals surface area contributed by atoms with E-state index in [2.05, 4.69) is 5.10 Å². The van der Waals surface area contributed by atoms with Crippen molar-refractivity contribution in [3.8, 4) is 0 Å². The van der Waals surface area contributed by atoms with Crippen molar-refractivity contribution in [2.75, 3.05) is 0 Å². The van der Waals surface area contributed by atoms with Crippen molar-refractivity contribution < 1.29 is 9.90 Å². The summed E-state index contributed by atoms with van der Waals surface area (Å²) in [6.45, 7) is 4.01. The molecule has 0 amide bonds. The minimum atomic E-state index is -0.938. The number of aromatic nitrogens is 2. The lowest BCUT2D eigenvalue weighted by molar-refractivity contribution is 0.0695. The molecule has 0 bridgehead atoms. The highest BCUT2D eigenvalue weighted by atomic mass is 35.5. The topological polar surface area (TPSA) is 55.1 Å². The van der Waals surface area contributed by atoms with Crippen LogP contribution in [-0.4, -0.2) is 20.9 Å². The Morgan fingerprint density at radius 2 is 1.94 bits per heavy atom. The van der Waals surface area contributed by atoms with E-state index in [0.29, 0.717) is 23.0 Å².